The molecule has 0 spiro atoms. The molecule has 0 N–H and O–H groups in total. The van der Waals surface area contributed by atoms with Gasteiger partial charge < -0.3 is 0 Å². The summed E-state index contributed by atoms with van der Waals surface area (Å²) in [5.74, 6) is 2.79. The van der Waals surface area contributed by atoms with Gasteiger partial charge in [0.1, 0.15) is 0 Å². The molecular formula is C21H34. The largest absolute Gasteiger partial charge is 0.0848 e. The number of rotatable bonds is 5. The van der Waals surface area contributed by atoms with Crippen LogP contribution in [-0.2, 0) is 0 Å². The maximum atomic E-state index is 2.57. The third-order valence-corrected chi connectivity index (χ3v) is 6.71. The molecule has 2 atom stereocenters. The van der Waals surface area contributed by atoms with Crippen molar-refractivity contribution in [2.45, 2.75) is 84.5 Å². The Morgan fingerprint density at radius 2 is 1.71 bits per heavy atom. The quantitative estimate of drug-likeness (QED) is 0.495. The van der Waals surface area contributed by atoms with E-state index in [4.69, 9.17) is 0 Å². The van der Waals surface area contributed by atoms with Gasteiger partial charge in [-0.15, -0.1) is 0 Å². The highest BCUT2D eigenvalue weighted by Crippen LogP contribution is 2.54. The van der Waals surface area contributed by atoms with Crippen molar-refractivity contribution in [3.8, 4) is 0 Å². The third-order valence-electron chi connectivity index (χ3n) is 6.71. The summed E-state index contributed by atoms with van der Waals surface area (Å²) in [4.78, 5) is 0. The van der Waals surface area contributed by atoms with Crippen molar-refractivity contribution in [2.24, 2.45) is 23.2 Å². The van der Waals surface area contributed by atoms with E-state index in [0.717, 1.165) is 17.8 Å². The van der Waals surface area contributed by atoms with Crippen LogP contribution in [0.15, 0.2) is 23.8 Å². The first kappa shape index (κ1) is 15.4. The van der Waals surface area contributed by atoms with Crippen LogP contribution in [0.3, 0.4) is 0 Å². The summed E-state index contributed by atoms with van der Waals surface area (Å²) in [6.45, 7) is 4.90. The molecule has 0 saturated heterocycles. The van der Waals surface area contributed by atoms with Crippen molar-refractivity contribution in [1.82, 2.24) is 0 Å². The summed E-state index contributed by atoms with van der Waals surface area (Å²) >= 11 is 0. The molecule has 0 aromatic rings. The topological polar surface area (TPSA) is 0 Å². The Kier molecular flexibility index (Phi) is 4.92. The van der Waals surface area contributed by atoms with Gasteiger partial charge in [0.25, 0.3) is 0 Å². The van der Waals surface area contributed by atoms with Crippen molar-refractivity contribution in [2.75, 3.05) is 0 Å². The molecule has 2 unspecified atom stereocenters. The highest BCUT2D eigenvalue weighted by molar-refractivity contribution is 5.10. The van der Waals surface area contributed by atoms with E-state index < -0.39 is 0 Å². The van der Waals surface area contributed by atoms with Crippen molar-refractivity contribution in [3.05, 3.63) is 23.8 Å². The van der Waals surface area contributed by atoms with Crippen LogP contribution in [-0.4, -0.2) is 0 Å². The summed E-state index contributed by atoms with van der Waals surface area (Å²) in [6.07, 6.45) is 23.5. The molecule has 0 amide bonds. The molecule has 3 aliphatic rings. The molecule has 0 aromatic carbocycles. The summed E-state index contributed by atoms with van der Waals surface area (Å²) in [5, 5.41) is 0. The predicted molar refractivity (Wildman–Crippen MR) is 92.3 cm³/mol. The average Bonchev–Trinajstić information content (AvgIpc) is 3.05. The maximum absolute atomic E-state index is 2.57. The predicted octanol–water partition coefficient (Wildman–Crippen LogP) is 6.68. The van der Waals surface area contributed by atoms with Crippen molar-refractivity contribution >= 4 is 0 Å². The Hall–Kier alpha value is -0.520. The lowest BCUT2D eigenvalue weighted by atomic mass is 9.59. The van der Waals surface area contributed by atoms with Crippen LogP contribution in [0.1, 0.15) is 84.5 Å². The molecular weight excluding hydrogens is 252 g/mol. The molecule has 3 saturated carbocycles. The van der Waals surface area contributed by atoms with E-state index in [1.165, 1.54) is 70.6 Å². The minimum absolute atomic E-state index is 0.683. The van der Waals surface area contributed by atoms with E-state index in [-0.39, 0.29) is 0 Å². The fourth-order valence-electron chi connectivity index (χ4n) is 5.20. The maximum Gasteiger partial charge on any atom is -0.0141 e. The van der Waals surface area contributed by atoms with E-state index in [1.54, 1.807) is 5.57 Å². The van der Waals surface area contributed by atoms with Gasteiger partial charge in [-0.2, -0.15) is 0 Å². The monoisotopic (exact) mass is 286 g/mol. The van der Waals surface area contributed by atoms with Gasteiger partial charge in [0.05, 0.1) is 0 Å². The van der Waals surface area contributed by atoms with Gasteiger partial charge in [-0.1, -0.05) is 56.4 Å². The SMILES string of the molecule is C/C(=C\C1CCCC1)C/C=C/C1CCC1C1(C)CCCC1. The second kappa shape index (κ2) is 6.71. The Morgan fingerprint density at radius 3 is 2.33 bits per heavy atom. The summed E-state index contributed by atoms with van der Waals surface area (Å²) in [7, 11) is 0. The smallest absolute Gasteiger partial charge is 0.0141 e. The first-order valence-corrected chi connectivity index (χ1v) is 9.51. The highest BCUT2D eigenvalue weighted by Gasteiger charge is 2.44. The van der Waals surface area contributed by atoms with E-state index in [2.05, 4.69) is 32.1 Å². The lowest BCUT2D eigenvalue weighted by Gasteiger charge is -2.46. The molecule has 21 heavy (non-hydrogen) atoms. The number of allylic oxidation sites excluding steroid dienone is 4. The van der Waals surface area contributed by atoms with Gasteiger partial charge in [0.15, 0.2) is 0 Å². The lowest BCUT2D eigenvalue weighted by Crippen LogP contribution is -2.37. The van der Waals surface area contributed by atoms with Crippen LogP contribution >= 0.6 is 0 Å². The van der Waals surface area contributed by atoms with Crippen LogP contribution < -0.4 is 0 Å². The molecule has 118 valence electrons. The standard InChI is InChI=1S/C21H34/c1-17(16-18-9-3-4-10-18)8-7-11-19-12-13-20(19)21(2)14-5-6-15-21/h7,11,16,18-20H,3-6,8-10,12-15H2,1-2H3/b11-7+,17-16+. The number of hydrogen-bond donors (Lipinski definition) is 0. The Balaban J connectivity index is 1.47. The van der Waals surface area contributed by atoms with Gasteiger partial charge in [-0.05, 0) is 75.0 Å². The molecule has 0 heteroatoms. The van der Waals surface area contributed by atoms with Crippen LogP contribution in [0.5, 0.6) is 0 Å². The highest BCUT2D eigenvalue weighted by atomic mass is 14.5. The van der Waals surface area contributed by atoms with E-state index in [9.17, 15) is 0 Å². The minimum atomic E-state index is 0.683. The molecule has 3 rings (SSSR count). The van der Waals surface area contributed by atoms with Gasteiger partial charge in [0, 0.05) is 0 Å². The lowest BCUT2D eigenvalue weighted by molar-refractivity contribution is 0.0613. The number of hydrogen-bond acceptors (Lipinski definition) is 0. The first-order chi connectivity index (χ1) is 10.2. The fraction of sp³-hybridized carbons (Fsp3) is 0.810. The summed E-state index contributed by atoms with van der Waals surface area (Å²) in [6, 6.07) is 0. The second-order valence-corrected chi connectivity index (χ2v) is 8.40. The van der Waals surface area contributed by atoms with Crippen LogP contribution in [0, 0.1) is 23.2 Å². The van der Waals surface area contributed by atoms with Crippen LogP contribution in [0.4, 0.5) is 0 Å². The van der Waals surface area contributed by atoms with Crippen LogP contribution in [0.25, 0.3) is 0 Å². The normalized spacial score (nSPS) is 33.7. The van der Waals surface area contributed by atoms with Gasteiger partial charge in [-0.25, -0.2) is 0 Å². The molecule has 3 aliphatic carbocycles. The Morgan fingerprint density at radius 1 is 1.00 bits per heavy atom. The van der Waals surface area contributed by atoms with Gasteiger partial charge >= 0.3 is 0 Å². The fourth-order valence-corrected chi connectivity index (χ4v) is 5.20. The molecule has 3 fully saturated rings. The minimum Gasteiger partial charge on any atom is -0.0848 e. The Labute approximate surface area is 132 Å². The van der Waals surface area contributed by atoms with E-state index >= 15 is 0 Å². The van der Waals surface area contributed by atoms with Crippen molar-refractivity contribution in [3.63, 3.8) is 0 Å². The second-order valence-electron chi connectivity index (χ2n) is 8.40. The van der Waals surface area contributed by atoms with Crippen molar-refractivity contribution < 1.29 is 0 Å². The summed E-state index contributed by atoms with van der Waals surface area (Å²) < 4.78 is 0. The molecule has 0 bridgehead atoms. The van der Waals surface area contributed by atoms with Crippen molar-refractivity contribution in [1.29, 1.82) is 0 Å². The first-order valence-electron chi connectivity index (χ1n) is 9.51. The Bertz CT molecular complexity index is 388. The van der Waals surface area contributed by atoms with E-state index in [1.807, 2.05) is 0 Å². The molecule has 0 heterocycles. The van der Waals surface area contributed by atoms with Crippen LogP contribution in [0.2, 0.25) is 0 Å². The average molecular weight is 287 g/mol. The van der Waals surface area contributed by atoms with Gasteiger partial charge in [-0.3, -0.25) is 0 Å². The third kappa shape index (κ3) is 3.63. The van der Waals surface area contributed by atoms with E-state index in [0.29, 0.717) is 5.41 Å². The van der Waals surface area contributed by atoms with Gasteiger partial charge in [0.2, 0.25) is 0 Å². The molecule has 0 radical (unpaired) electrons. The zero-order valence-corrected chi connectivity index (χ0v) is 14.2. The summed E-state index contributed by atoms with van der Waals surface area (Å²) in [5.41, 5.74) is 2.28. The zero-order valence-electron chi connectivity index (χ0n) is 14.2. The zero-order chi connectivity index (χ0) is 14.7. The molecule has 0 nitrogen and oxygen atoms in total. The molecule has 0 aliphatic heterocycles. The molecule has 0 aromatic heterocycles.